The number of ether oxygens (including phenoxy) is 1. The minimum Gasteiger partial charge on any atom is -0.481 e. The number of methoxy groups -OCH3 is 1. The quantitative estimate of drug-likeness (QED) is 0.874. The molecule has 2 rings (SSSR count). The number of nitrogens with two attached hydrogens (primary N) is 1. The highest BCUT2D eigenvalue weighted by Crippen LogP contribution is 2.53. The molecule has 16 heavy (non-hydrogen) atoms. The van der Waals surface area contributed by atoms with Gasteiger partial charge in [0.1, 0.15) is 0 Å². The maximum atomic E-state index is 12.9. The van der Waals surface area contributed by atoms with Gasteiger partial charge in [0.05, 0.1) is 23.2 Å². The number of pyridine rings is 1. The molecule has 0 radical (unpaired) electrons. The van der Waals surface area contributed by atoms with Gasteiger partial charge in [0, 0.05) is 19.0 Å². The van der Waals surface area contributed by atoms with E-state index in [0.29, 0.717) is 10.6 Å². The number of rotatable bonds is 2. The highest BCUT2D eigenvalue weighted by Gasteiger charge is 2.57. The van der Waals surface area contributed by atoms with Gasteiger partial charge >= 0.3 is 0 Å². The molecule has 0 bridgehead atoms. The van der Waals surface area contributed by atoms with Crippen LogP contribution in [0, 0.1) is 0 Å². The Bertz CT molecular complexity index is 417. The topological polar surface area (TPSA) is 48.1 Å². The summed E-state index contributed by atoms with van der Waals surface area (Å²) in [6.45, 7) is 0. The van der Waals surface area contributed by atoms with Gasteiger partial charge in [-0.3, -0.25) is 0 Å². The van der Waals surface area contributed by atoms with Crippen molar-refractivity contribution in [3.8, 4) is 5.88 Å². The van der Waals surface area contributed by atoms with E-state index in [9.17, 15) is 8.78 Å². The molecule has 1 fully saturated rings. The van der Waals surface area contributed by atoms with Gasteiger partial charge in [-0.25, -0.2) is 13.8 Å². The lowest BCUT2D eigenvalue weighted by atomic mass is 9.70. The Hall–Kier alpha value is -0.940. The Morgan fingerprint density at radius 3 is 2.62 bits per heavy atom. The minimum atomic E-state index is -2.72. The van der Waals surface area contributed by atoms with Gasteiger partial charge in [-0.1, -0.05) is 11.6 Å². The lowest BCUT2D eigenvalue weighted by Gasteiger charge is -2.45. The zero-order valence-electron chi connectivity index (χ0n) is 8.64. The molecule has 0 aromatic carbocycles. The van der Waals surface area contributed by atoms with Gasteiger partial charge in [0.15, 0.2) is 0 Å². The third kappa shape index (κ3) is 1.74. The number of aromatic nitrogens is 1. The first-order chi connectivity index (χ1) is 7.38. The maximum Gasteiger partial charge on any atom is 0.252 e. The molecular weight excluding hydrogens is 238 g/mol. The van der Waals surface area contributed by atoms with Gasteiger partial charge in [-0.15, -0.1) is 0 Å². The van der Waals surface area contributed by atoms with Crippen molar-refractivity contribution in [1.29, 1.82) is 0 Å². The predicted octanol–water partition coefficient (Wildman–Crippen LogP) is 2.33. The Morgan fingerprint density at radius 1 is 1.50 bits per heavy atom. The first kappa shape index (κ1) is 11.5. The van der Waals surface area contributed by atoms with Crippen molar-refractivity contribution < 1.29 is 13.5 Å². The van der Waals surface area contributed by atoms with Crippen molar-refractivity contribution in [2.75, 3.05) is 7.11 Å². The molecule has 1 aliphatic carbocycles. The van der Waals surface area contributed by atoms with E-state index in [-0.39, 0.29) is 5.88 Å². The van der Waals surface area contributed by atoms with Crippen LogP contribution in [-0.4, -0.2) is 18.0 Å². The number of nitrogens with zero attached hydrogens (tertiary/aromatic N) is 1. The fourth-order valence-corrected chi connectivity index (χ4v) is 2.40. The lowest BCUT2D eigenvalue weighted by Crippen LogP contribution is -2.55. The Balaban J connectivity index is 2.41. The Kier molecular flexibility index (Phi) is 2.55. The van der Waals surface area contributed by atoms with E-state index in [4.69, 9.17) is 22.1 Å². The van der Waals surface area contributed by atoms with Crippen molar-refractivity contribution in [1.82, 2.24) is 4.98 Å². The molecule has 1 heterocycles. The van der Waals surface area contributed by atoms with E-state index in [0.717, 1.165) is 0 Å². The fraction of sp³-hybridized carbons (Fsp3) is 0.500. The lowest BCUT2D eigenvalue weighted by molar-refractivity contribution is -0.125. The largest absolute Gasteiger partial charge is 0.481 e. The molecule has 1 aromatic rings. The van der Waals surface area contributed by atoms with Gasteiger partial charge in [0.2, 0.25) is 5.88 Å². The minimum absolute atomic E-state index is 0.213. The van der Waals surface area contributed by atoms with E-state index in [1.165, 1.54) is 19.4 Å². The van der Waals surface area contributed by atoms with Gasteiger partial charge < -0.3 is 10.5 Å². The van der Waals surface area contributed by atoms with Crippen LogP contribution < -0.4 is 10.5 Å². The molecule has 6 heteroatoms. The van der Waals surface area contributed by atoms with Crippen LogP contribution in [0.4, 0.5) is 8.78 Å². The fourth-order valence-electron chi connectivity index (χ4n) is 2.07. The van der Waals surface area contributed by atoms with Crippen molar-refractivity contribution in [3.05, 3.63) is 22.8 Å². The Labute approximate surface area is 96.6 Å². The summed E-state index contributed by atoms with van der Waals surface area (Å²) >= 11 is 5.95. The molecule has 0 unspecified atom stereocenters. The summed E-state index contributed by atoms with van der Waals surface area (Å²) in [6.07, 6.45) is 0.592. The average Bonchev–Trinajstić information content (AvgIpc) is 2.13. The number of hydrogen-bond donors (Lipinski definition) is 1. The summed E-state index contributed by atoms with van der Waals surface area (Å²) in [5.41, 5.74) is 5.12. The van der Waals surface area contributed by atoms with Crippen molar-refractivity contribution in [3.63, 3.8) is 0 Å². The zero-order chi connectivity index (χ0) is 12.0. The second kappa shape index (κ2) is 3.53. The highest BCUT2D eigenvalue weighted by atomic mass is 35.5. The van der Waals surface area contributed by atoms with E-state index in [1.54, 1.807) is 0 Å². The average molecular weight is 249 g/mol. The predicted molar refractivity (Wildman–Crippen MR) is 55.8 cm³/mol. The van der Waals surface area contributed by atoms with Crippen LogP contribution in [-0.2, 0) is 5.54 Å². The smallest absolute Gasteiger partial charge is 0.252 e. The van der Waals surface area contributed by atoms with Crippen molar-refractivity contribution in [2.24, 2.45) is 5.73 Å². The Morgan fingerprint density at radius 2 is 2.12 bits per heavy atom. The summed E-state index contributed by atoms with van der Waals surface area (Å²) in [7, 11) is 1.41. The number of halogens is 3. The summed E-state index contributed by atoms with van der Waals surface area (Å²) in [4.78, 5) is 3.92. The van der Waals surface area contributed by atoms with E-state index in [1.807, 2.05) is 0 Å². The molecule has 0 spiro atoms. The molecule has 1 saturated carbocycles. The van der Waals surface area contributed by atoms with E-state index in [2.05, 4.69) is 4.98 Å². The summed E-state index contributed by atoms with van der Waals surface area (Å²) < 4.78 is 30.8. The van der Waals surface area contributed by atoms with Gasteiger partial charge in [0.25, 0.3) is 5.92 Å². The van der Waals surface area contributed by atoms with Crippen LogP contribution in [0.15, 0.2) is 12.3 Å². The molecule has 1 aromatic heterocycles. The van der Waals surface area contributed by atoms with Crippen LogP contribution in [0.2, 0.25) is 5.02 Å². The highest BCUT2D eigenvalue weighted by molar-refractivity contribution is 6.31. The third-order valence-electron chi connectivity index (χ3n) is 2.70. The first-order valence-corrected chi connectivity index (χ1v) is 5.11. The molecule has 0 aliphatic heterocycles. The SMILES string of the molecule is COc1nccc(Cl)c1C1(N)CC(F)(F)C1. The molecule has 0 atom stereocenters. The van der Waals surface area contributed by atoms with Crippen LogP contribution >= 0.6 is 11.6 Å². The summed E-state index contributed by atoms with van der Waals surface area (Å²) in [6, 6.07) is 1.52. The molecular formula is C10H11ClF2N2O. The van der Waals surface area contributed by atoms with Crippen molar-refractivity contribution >= 4 is 11.6 Å². The molecule has 0 amide bonds. The standard InChI is InChI=1S/C10H11ClF2N2O/c1-16-8-7(6(11)2-3-15-8)9(14)4-10(12,13)5-9/h2-3H,4-5,14H2,1H3. The molecule has 3 nitrogen and oxygen atoms in total. The third-order valence-corrected chi connectivity index (χ3v) is 3.02. The van der Waals surface area contributed by atoms with E-state index < -0.39 is 24.3 Å². The second-order valence-electron chi connectivity index (χ2n) is 4.04. The van der Waals surface area contributed by atoms with Crippen LogP contribution in [0.5, 0.6) is 5.88 Å². The molecule has 88 valence electrons. The first-order valence-electron chi connectivity index (χ1n) is 4.74. The van der Waals surface area contributed by atoms with Crippen molar-refractivity contribution in [2.45, 2.75) is 24.3 Å². The molecule has 2 N–H and O–H groups in total. The van der Waals surface area contributed by atoms with Gasteiger partial charge in [-0.2, -0.15) is 0 Å². The molecule has 0 saturated heterocycles. The normalized spacial score (nSPS) is 21.3. The maximum absolute atomic E-state index is 12.9. The summed E-state index contributed by atoms with van der Waals surface area (Å²) in [5, 5.41) is 0.310. The molecule has 1 aliphatic rings. The monoisotopic (exact) mass is 248 g/mol. The number of hydrogen-bond acceptors (Lipinski definition) is 3. The van der Waals surface area contributed by atoms with Gasteiger partial charge in [-0.05, 0) is 6.07 Å². The number of alkyl halides is 2. The van der Waals surface area contributed by atoms with Crippen LogP contribution in [0.3, 0.4) is 0 Å². The zero-order valence-corrected chi connectivity index (χ0v) is 9.39. The van der Waals surface area contributed by atoms with Crippen LogP contribution in [0.25, 0.3) is 0 Å². The van der Waals surface area contributed by atoms with Crippen LogP contribution in [0.1, 0.15) is 18.4 Å². The summed E-state index contributed by atoms with van der Waals surface area (Å²) in [5.74, 6) is -2.51. The van der Waals surface area contributed by atoms with E-state index >= 15 is 0 Å². The second-order valence-corrected chi connectivity index (χ2v) is 4.45.